The second kappa shape index (κ2) is 9.65. The van der Waals surface area contributed by atoms with Crippen molar-refractivity contribution in [2.24, 2.45) is 0 Å². The van der Waals surface area contributed by atoms with Crippen LogP contribution in [-0.2, 0) is 0 Å². The van der Waals surface area contributed by atoms with E-state index < -0.39 is 5.97 Å². The summed E-state index contributed by atoms with van der Waals surface area (Å²) in [6, 6.07) is 15.9. The largest absolute Gasteiger partial charge is 0.545 e. The molecule has 1 saturated heterocycles. The Bertz CT molecular complexity index is 911. The van der Waals surface area contributed by atoms with Crippen molar-refractivity contribution in [3.05, 3.63) is 70.8 Å². The van der Waals surface area contributed by atoms with Crippen LogP contribution in [0.5, 0.6) is 0 Å². The molecule has 1 aliphatic heterocycles. The van der Waals surface area contributed by atoms with Gasteiger partial charge >= 0.3 is 0 Å². The molecule has 1 atom stereocenters. The second-order valence-corrected chi connectivity index (χ2v) is 9.01. The fraction of sp³-hybridized carbons (Fsp3) is 0.462. The molecule has 1 heterocycles. The number of piperazine rings is 1. The lowest BCUT2D eigenvalue weighted by molar-refractivity contribution is -0.933. The molecule has 0 bridgehead atoms. The van der Waals surface area contributed by atoms with E-state index in [0.29, 0.717) is 19.1 Å². The molecule has 5 heteroatoms. The van der Waals surface area contributed by atoms with Crippen molar-refractivity contribution in [2.75, 3.05) is 26.2 Å². The van der Waals surface area contributed by atoms with Crippen LogP contribution in [0.15, 0.2) is 48.5 Å². The number of hydrogen-bond acceptors (Lipinski definition) is 3. The van der Waals surface area contributed by atoms with E-state index in [4.69, 9.17) is 0 Å². The van der Waals surface area contributed by atoms with Gasteiger partial charge < -0.3 is 19.7 Å². The third-order valence-corrected chi connectivity index (χ3v) is 7.20. The smallest absolute Gasteiger partial charge is 0.254 e. The number of quaternary nitrogens is 1. The molecule has 4 rings (SSSR count). The Morgan fingerprint density at radius 1 is 0.935 bits per heavy atom. The predicted octanol–water partition coefficient (Wildman–Crippen LogP) is 2.20. The number of carbonyl (C=O) groups excluding carboxylic acids is 2. The summed E-state index contributed by atoms with van der Waals surface area (Å²) in [4.78, 5) is 27.5. The molecule has 1 N–H and O–H groups in total. The molecular formula is C26H32N2O3. The van der Waals surface area contributed by atoms with Gasteiger partial charge in [-0.15, -0.1) is 0 Å². The maximum absolute atomic E-state index is 12.9. The molecule has 31 heavy (non-hydrogen) atoms. The number of carbonyl (C=O) groups is 2. The molecule has 0 spiro atoms. The number of benzene rings is 2. The molecule has 1 amide bonds. The molecule has 0 radical (unpaired) electrons. The third kappa shape index (κ3) is 4.82. The van der Waals surface area contributed by atoms with Crippen LogP contribution in [0.4, 0.5) is 0 Å². The van der Waals surface area contributed by atoms with Gasteiger partial charge in [0.25, 0.3) is 5.91 Å². The molecule has 0 unspecified atom stereocenters. The number of nitrogens with one attached hydrogen (secondary N) is 1. The van der Waals surface area contributed by atoms with Gasteiger partial charge in [-0.25, -0.2) is 0 Å². The SMILES string of the molecule is C[C@@H](c1ccc(C2CCCCC2)cc1)[NH+]1CCN(C(=O)c2ccccc2C(=O)[O-])CC1. The van der Waals surface area contributed by atoms with Gasteiger partial charge in [-0.1, -0.05) is 61.7 Å². The van der Waals surface area contributed by atoms with Crippen molar-refractivity contribution in [1.82, 2.24) is 4.90 Å². The summed E-state index contributed by atoms with van der Waals surface area (Å²) in [7, 11) is 0. The van der Waals surface area contributed by atoms with Crippen LogP contribution in [-0.4, -0.2) is 43.0 Å². The van der Waals surface area contributed by atoms with Gasteiger partial charge in [0.2, 0.25) is 0 Å². The first kappa shape index (κ1) is 21.6. The fourth-order valence-electron chi connectivity index (χ4n) is 5.18. The summed E-state index contributed by atoms with van der Waals surface area (Å²) in [6.45, 7) is 5.21. The minimum absolute atomic E-state index is 0.0336. The minimum atomic E-state index is -1.31. The Labute approximate surface area is 184 Å². The summed E-state index contributed by atoms with van der Waals surface area (Å²) in [5.74, 6) is -0.800. The van der Waals surface area contributed by atoms with Gasteiger partial charge in [-0.2, -0.15) is 0 Å². The highest BCUT2D eigenvalue weighted by atomic mass is 16.4. The van der Waals surface area contributed by atoms with E-state index in [2.05, 4.69) is 31.2 Å². The summed E-state index contributed by atoms with van der Waals surface area (Å²) < 4.78 is 0. The highest BCUT2D eigenvalue weighted by Gasteiger charge is 2.29. The van der Waals surface area contributed by atoms with Crippen LogP contribution in [0.3, 0.4) is 0 Å². The maximum atomic E-state index is 12.9. The molecule has 164 valence electrons. The standard InChI is InChI=1S/C26H32N2O3/c1-19(20-11-13-22(14-12-20)21-7-3-2-4-8-21)27-15-17-28(18-16-27)25(29)23-9-5-6-10-24(23)26(30)31/h5-6,9-14,19,21H,2-4,7-8,15-18H2,1H3,(H,30,31)/t19-/m0/s1. The maximum Gasteiger partial charge on any atom is 0.254 e. The van der Waals surface area contributed by atoms with E-state index in [0.717, 1.165) is 19.0 Å². The number of nitrogens with zero attached hydrogens (tertiary/aromatic N) is 1. The summed E-state index contributed by atoms with van der Waals surface area (Å²) >= 11 is 0. The molecule has 5 nitrogen and oxygen atoms in total. The Kier molecular flexibility index (Phi) is 6.71. The first-order chi connectivity index (χ1) is 15.0. The Morgan fingerprint density at radius 3 is 2.16 bits per heavy atom. The zero-order valence-electron chi connectivity index (χ0n) is 18.3. The molecule has 2 aromatic carbocycles. The van der Waals surface area contributed by atoms with Crippen LogP contribution in [0, 0.1) is 0 Å². The lowest BCUT2D eigenvalue weighted by Crippen LogP contribution is -3.14. The molecule has 2 fully saturated rings. The Morgan fingerprint density at radius 2 is 1.55 bits per heavy atom. The molecule has 2 aromatic rings. The van der Waals surface area contributed by atoms with Gasteiger partial charge in [0, 0.05) is 16.7 Å². The van der Waals surface area contributed by atoms with Crippen LogP contribution in [0.25, 0.3) is 0 Å². The van der Waals surface area contributed by atoms with Crippen molar-refractivity contribution in [3.63, 3.8) is 0 Å². The second-order valence-electron chi connectivity index (χ2n) is 9.01. The normalized spacial score (nSPS) is 19.2. The van der Waals surface area contributed by atoms with Crippen molar-refractivity contribution in [2.45, 2.75) is 51.0 Å². The molecule has 1 aliphatic carbocycles. The first-order valence-corrected chi connectivity index (χ1v) is 11.6. The van der Waals surface area contributed by atoms with Gasteiger partial charge in [0.1, 0.15) is 6.04 Å². The van der Waals surface area contributed by atoms with E-state index in [1.54, 1.807) is 23.1 Å². The van der Waals surface area contributed by atoms with Crippen molar-refractivity contribution in [1.29, 1.82) is 0 Å². The van der Waals surface area contributed by atoms with Crippen LogP contribution >= 0.6 is 0 Å². The van der Waals surface area contributed by atoms with Crippen molar-refractivity contribution < 1.29 is 19.6 Å². The van der Waals surface area contributed by atoms with Gasteiger partial charge in [0.15, 0.2) is 0 Å². The Hall–Kier alpha value is -2.66. The van der Waals surface area contributed by atoms with Crippen molar-refractivity contribution >= 4 is 11.9 Å². The fourth-order valence-corrected chi connectivity index (χ4v) is 5.18. The average Bonchev–Trinajstić information content (AvgIpc) is 2.84. The van der Waals surface area contributed by atoms with Gasteiger partial charge in [-0.3, -0.25) is 4.79 Å². The van der Waals surface area contributed by atoms with E-state index in [9.17, 15) is 14.7 Å². The molecule has 2 aliphatic rings. The number of rotatable bonds is 5. The van der Waals surface area contributed by atoms with Crippen LogP contribution in [0.2, 0.25) is 0 Å². The van der Waals surface area contributed by atoms with Crippen molar-refractivity contribution in [3.8, 4) is 0 Å². The van der Waals surface area contributed by atoms with E-state index in [1.807, 2.05) is 0 Å². The monoisotopic (exact) mass is 420 g/mol. The zero-order valence-corrected chi connectivity index (χ0v) is 18.3. The quantitative estimate of drug-likeness (QED) is 0.807. The lowest BCUT2D eigenvalue weighted by Gasteiger charge is -2.36. The lowest BCUT2D eigenvalue weighted by atomic mass is 9.83. The topological polar surface area (TPSA) is 64.9 Å². The molecular weight excluding hydrogens is 388 g/mol. The predicted molar refractivity (Wildman–Crippen MR) is 118 cm³/mol. The number of aromatic carboxylic acids is 1. The van der Waals surface area contributed by atoms with E-state index >= 15 is 0 Å². The molecule has 1 saturated carbocycles. The zero-order chi connectivity index (χ0) is 21.8. The Balaban J connectivity index is 1.36. The van der Waals surface area contributed by atoms with Crippen LogP contribution < -0.4 is 10.0 Å². The average molecular weight is 421 g/mol. The van der Waals surface area contributed by atoms with E-state index in [-0.39, 0.29) is 17.0 Å². The number of carboxylic acids is 1. The summed E-state index contributed by atoms with van der Waals surface area (Å²) in [6.07, 6.45) is 6.71. The van der Waals surface area contributed by atoms with Gasteiger partial charge in [0.05, 0.1) is 32.1 Å². The molecule has 0 aromatic heterocycles. The third-order valence-electron chi connectivity index (χ3n) is 7.20. The summed E-state index contributed by atoms with van der Waals surface area (Å²) in [5.41, 5.74) is 3.01. The number of carboxylic acid groups (broad SMARTS) is 1. The number of hydrogen-bond donors (Lipinski definition) is 1. The first-order valence-electron chi connectivity index (χ1n) is 11.6. The highest BCUT2D eigenvalue weighted by Crippen LogP contribution is 2.32. The summed E-state index contributed by atoms with van der Waals surface area (Å²) in [5, 5.41) is 11.3. The van der Waals surface area contributed by atoms with E-state index in [1.165, 1.54) is 54.2 Å². The highest BCUT2D eigenvalue weighted by molar-refractivity contribution is 6.04. The van der Waals surface area contributed by atoms with Crippen LogP contribution in [0.1, 0.15) is 82.8 Å². The number of amides is 1. The minimum Gasteiger partial charge on any atom is -0.545 e. The van der Waals surface area contributed by atoms with Gasteiger partial charge in [-0.05, 0) is 37.3 Å².